The average Bonchev–Trinajstić information content (AvgIpc) is 2.97. The van der Waals surface area contributed by atoms with Crippen LogP contribution in [0.1, 0.15) is 5.56 Å². The van der Waals surface area contributed by atoms with E-state index in [9.17, 15) is 18.8 Å². The lowest BCUT2D eigenvalue weighted by molar-refractivity contribution is -0.122. The number of hydrogen-bond acceptors (Lipinski definition) is 4. The van der Waals surface area contributed by atoms with Gasteiger partial charge in [-0.05, 0) is 36.4 Å². The summed E-state index contributed by atoms with van der Waals surface area (Å²) in [5.74, 6) is -0.944. The summed E-state index contributed by atoms with van der Waals surface area (Å²) in [4.78, 5) is 37.3. The first-order chi connectivity index (χ1) is 14.0. The van der Waals surface area contributed by atoms with Crippen LogP contribution >= 0.6 is 0 Å². The predicted molar refractivity (Wildman–Crippen MR) is 105 cm³/mol. The number of para-hydroxylation sites is 1. The van der Waals surface area contributed by atoms with Crippen molar-refractivity contribution in [1.82, 2.24) is 10.2 Å². The summed E-state index contributed by atoms with van der Waals surface area (Å²) in [6.07, 6.45) is 2.94. The van der Waals surface area contributed by atoms with Gasteiger partial charge in [0.25, 0.3) is 11.8 Å². The molecule has 8 heteroatoms. The van der Waals surface area contributed by atoms with Crippen molar-refractivity contribution >= 4 is 29.6 Å². The van der Waals surface area contributed by atoms with Crippen LogP contribution in [0.5, 0.6) is 5.75 Å². The Hall–Kier alpha value is -3.94. The van der Waals surface area contributed by atoms with Crippen molar-refractivity contribution < 1.29 is 23.5 Å². The van der Waals surface area contributed by atoms with Crippen molar-refractivity contribution in [3.05, 3.63) is 78.3 Å². The Morgan fingerprint density at radius 3 is 2.62 bits per heavy atom. The number of benzene rings is 2. The summed E-state index contributed by atoms with van der Waals surface area (Å²) in [7, 11) is 0. The molecule has 1 heterocycles. The van der Waals surface area contributed by atoms with Gasteiger partial charge in [0.2, 0.25) is 0 Å². The monoisotopic (exact) mass is 395 g/mol. The van der Waals surface area contributed by atoms with Crippen LogP contribution in [0.3, 0.4) is 0 Å². The quantitative estimate of drug-likeness (QED) is 0.429. The largest absolute Gasteiger partial charge is 0.483 e. The van der Waals surface area contributed by atoms with Gasteiger partial charge >= 0.3 is 6.03 Å². The summed E-state index contributed by atoms with van der Waals surface area (Å²) in [6, 6.07) is 11.6. The van der Waals surface area contributed by atoms with Gasteiger partial charge in [-0.15, -0.1) is 6.58 Å². The first kappa shape index (κ1) is 19.8. The van der Waals surface area contributed by atoms with Gasteiger partial charge in [0, 0.05) is 17.8 Å². The molecule has 0 aliphatic carbocycles. The molecular weight excluding hydrogens is 377 g/mol. The molecule has 2 aromatic carbocycles. The summed E-state index contributed by atoms with van der Waals surface area (Å²) >= 11 is 0. The topological polar surface area (TPSA) is 87.7 Å². The molecule has 148 valence electrons. The fraction of sp³-hybridized carbons (Fsp3) is 0.0952. The number of urea groups is 1. The first-order valence-corrected chi connectivity index (χ1v) is 8.70. The molecule has 4 amide bonds. The van der Waals surface area contributed by atoms with E-state index in [1.165, 1.54) is 36.4 Å². The maximum Gasteiger partial charge on any atom is 0.329 e. The lowest BCUT2D eigenvalue weighted by Gasteiger charge is -2.10. The molecule has 0 radical (unpaired) electrons. The van der Waals surface area contributed by atoms with E-state index < -0.39 is 23.7 Å². The number of nitrogens with one attached hydrogen (secondary N) is 2. The summed E-state index contributed by atoms with van der Waals surface area (Å²) in [5, 5.41) is 5.09. The highest BCUT2D eigenvalue weighted by Crippen LogP contribution is 2.23. The molecule has 2 aromatic rings. The van der Waals surface area contributed by atoms with Crippen LogP contribution in [-0.2, 0) is 9.59 Å². The number of nitrogens with zero attached hydrogens (tertiary/aromatic N) is 1. The van der Waals surface area contributed by atoms with Gasteiger partial charge in [-0.25, -0.2) is 9.18 Å². The highest BCUT2D eigenvalue weighted by atomic mass is 19.1. The van der Waals surface area contributed by atoms with Gasteiger partial charge in [0.15, 0.2) is 6.61 Å². The normalized spacial score (nSPS) is 14.7. The second-order valence-corrected chi connectivity index (χ2v) is 6.07. The predicted octanol–water partition coefficient (Wildman–Crippen LogP) is 2.92. The SMILES string of the molecule is C=CCN1C(=O)N/C(=C/c2ccccc2OCC(=O)Nc2ccc(F)cc2)C1=O. The van der Waals surface area contributed by atoms with Crippen LogP contribution < -0.4 is 15.4 Å². The van der Waals surface area contributed by atoms with E-state index in [0.717, 1.165) is 4.90 Å². The van der Waals surface area contributed by atoms with E-state index in [1.54, 1.807) is 24.3 Å². The van der Waals surface area contributed by atoms with Crippen LogP contribution in [-0.4, -0.2) is 35.9 Å². The van der Waals surface area contributed by atoms with Crippen molar-refractivity contribution in [3.8, 4) is 5.75 Å². The molecule has 1 saturated heterocycles. The van der Waals surface area contributed by atoms with Crippen molar-refractivity contribution in [2.45, 2.75) is 0 Å². The van der Waals surface area contributed by atoms with E-state index in [1.807, 2.05) is 0 Å². The molecule has 1 aliphatic heterocycles. The number of halogens is 1. The molecule has 29 heavy (non-hydrogen) atoms. The van der Waals surface area contributed by atoms with Crippen molar-refractivity contribution in [2.75, 3.05) is 18.5 Å². The van der Waals surface area contributed by atoms with Gasteiger partial charge in [-0.1, -0.05) is 24.3 Å². The smallest absolute Gasteiger partial charge is 0.329 e. The van der Waals surface area contributed by atoms with Crippen LogP contribution in [0.15, 0.2) is 66.9 Å². The Labute approximate surface area is 166 Å². The number of amides is 4. The van der Waals surface area contributed by atoms with Crippen molar-refractivity contribution in [1.29, 1.82) is 0 Å². The fourth-order valence-corrected chi connectivity index (χ4v) is 2.63. The Morgan fingerprint density at radius 1 is 1.17 bits per heavy atom. The van der Waals surface area contributed by atoms with Crippen LogP contribution in [0.4, 0.5) is 14.9 Å². The van der Waals surface area contributed by atoms with Crippen LogP contribution in [0, 0.1) is 5.82 Å². The average molecular weight is 395 g/mol. The zero-order valence-electron chi connectivity index (χ0n) is 15.4. The van der Waals surface area contributed by atoms with Crippen LogP contribution in [0.2, 0.25) is 0 Å². The Morgan fingerprint density at radius 2 is 1.90 bits per heavy atom. The van der Waals surface area contributed by atoms with Gasteiger partial charge in [0.1, 0.15) is 17.3 Å². The fourth-order valence-electron chi connectivity index (χ4n) is 2.63. The summed E-state index contributed by atoms with van der Waals surface area (Å²) < 4.78 is 18.5. The lowest BCUT2D eigenvalue weighted by atomic mass is 10.1. The number of carbonyl (C=O) groups is 3. The second-order valence-electron chi connectivity index (χ2n) is 6.07. The molecule has 7 nitrogen and oxygen atoms in total. The van der Waals surface area contributed by atoms with E-state index in [-0.39, 0.29) is 18.8 Å². The minimum Gasteiger partial charge on any atom is -0.483 e. The molecule has 1 fully saturated rings. The molecular formula is C21H18FN3O4. The number of rotatable bonds is 7. The number of anilines is 1. The highest BCUT2D eigenvalue weighted by molar-refractivity contribution is 6.14. The number of ether oxygens (including phenoxy) is 1. The van der Waals surface area contributed by atoms with Gasteiger partial charge < -0.3 is 15.4 Å². The number of imide groups is 1. The van der Waals surface area contributed by atoms with E-state index in [0.29, 0.717) is 17.0 Å². The van der Waals surface area contributed by atoms with Crippen molar-refractivity contribution in [2.24, 2.45) is 0 Å². The number of carbonyl (C=O) groups excluding carboxylic acids is 3. The first-order valence-electron chi connectivity index (χ1n) is 8.70. The molecule has 0 bridgehead atoms. The molecule has 3 rings (SSSR count). The molecule has 2 N–H and O–H groups in total. The van der Waals surface area contributed by atoms with E-state index in [4.69, 9.17) is 4.74 Å². The highest BCUT2D eigenvalue weighted by Gasteiger charge is 2.32. The third-order valence-electron chi connectivity index (χ3n) is 3.98. The van der Waals surface area contributed by atoms with Gasteiger partial charge in [0.05, 0.1) is 0 Å². The second kappa shape index (κ2) is 8.83. The summed E-state index contributed by atoms with van der Waals surface area (Å²) in [5.41, 5.74) is 1.06. The molecule has 1 aliphatic rings. The number of hydrogen-bond donors (Lipinski definition) is 2. The summed E-state index contributed by atoms with van der Waals surface area (Å²) in [6.45, 7) is 3.33. The molecule has 0 unspecified atom stereocenters. The molecule has 0 saturated carbocycles. The zero-order valence-corrected chi connectivity index (χ0v) is 15.4. The Bertz CT molecular complexity index is 986. The minimum absolute atomic E-state index is 0.101. The maximum atomic E-state index is 12.9. The Kier molecular flexibility index (Phi) is 6.03. The standard InChI is InChI=1S/C21H18FN3O4/c1-2-11-25-20(27)17(24-21(25)28)12-14-5-3-4-6-18(14)29-13-19(26)23-16-9-7-15(22)8-10-16/h2-10,12H,1,11,13H2,(H,23,26)(H,24,28)/b17-12+. The third-order valence-corrected chi connectivity index (χ3v) is 3.98. The van der Waals surface area contributed by atoms with Gasteiger partial charge in [-0.2, -0.15) is 0 Å². The molecule has 0 spiro atoms. The van der Waals surface area contributed by atoms with E-state index in [2.05, 4.69) is 17.2 Å². The lowest BCUT2D eigenvalue weighted by Crippen LogP contribution is -2.30. The molecule has 0 atom stereocenters. The Balaban J connectivity index is 1.68. The van der Waals surface area contributed by atoms with Crippen LogP contribution in [0.25, 0.3) is 6.08 Å². The third kappa shape index (κ3) is 4.86. The van der Waals surface area contributed by atoms with E-state index >= 15 is 0 Å². The maximum absolute atomic E-state index is 12.9. The van der Waals surface area contributed by atoms with Gasteiger partial charge in [-0.3, -0.25) is 14.5 Å². The molecule has 0 aromatic heterocycles. The zero-order chi connectivity index (χ0) is 20.8. The van der Waals surface area contributed by atoms with Crippen molar-refractivity contribution in [3.63, 3.8) is 0 Å². The minimum atomic E-state index is -0.529.